The average Bonchev–Trinajstić information content (AvgIpc) is 2.34. The Morgan fingerprint density at radius 1 is 1.36 bits per heavy atom. The number of hydrogen-bond donors (Lipinski definition) is 2. The zero-order valence-electron chi connectivity index (χ0n) is 6.65. The zero-order chi connectivity index (χ0) is 7.73. The third kappa shape index (κ3) is 1.25. The molecule has 2 N–H and O–H groups in total. The Hall–Kier alpha value is -0.570. The maximum atomic E-state index is 11.0. The highest BCUT2D eigenvalue weighted by Crippen LogP contribution is 2.26. The lowest BCUT2D eigenvalue weighted by atomic mass is 9.89. The topological polar surface area (TPSA) is 41.1 Å². The van der Waals surface area contributed by atoms with Gasteiger partial charge in [-0.1, -0.05) is 0 Å². The molecule has 0 radical (unpaired) electrons. The van der Waals surface area contributed by atoms with Gasteiger partial charge in [0.25, 0.3) is 0 Å². The van der Waals surface area contributed by atoms with E-state index in [-0.39, 0.29) is 11.4 Å². The first-order valence-electron chi connectivity index (χ1n) is 4.33. The molecule has 0 bridgehead atoms. The van der Waals surface area contributed by atoms with Crippen LogP contribution in [-0.4, -0.2) is 24.5 Å². The Morgan fingerprint density at radius 2 is 2.27 bits per heavy atom. The van der Waals surface area contributed by atoms with Crippen molar-refractivity contribution < 1.29 is 4.79 Å². The third-order valence-electron chi connectivity index (χ3n) is 2.71. The summed E-state index contributed by atoms with van der Waals surface area (Å²) in [5, 5.41) is 6.39. The van der Waals surface area contributed by atoms with Crippen molar-refractivity contribution in [2.75, 3.05) is 13.1 Å². The standard InChI is InChI=1S/C8H14N2O/c11-7-2-4-8(10-7)3-1-5-9-6-8/h9H,1-6H2,(H,10,11). The van der Waals surface area contributed by atoms with Gasteiger partial charge in [0.1, 0.15) is 0 Å². The van der Waals surface area contributed by atoms with Gasteiger partial charge >= 0.3 is 0 Å². The molecule has 1 atom stereocenters. The molecule has 0 saturated carbocycles. The molecule has 2 rings (SSSR count). The van der Waals surface area contributed by atoms with Crippen molar-refractivity contribution in [1.82, 2.24) is 10.6 Å². The Morgan fingerprint density at radius 3 is 2.82 bits per heavy atom. The van der Waals surface area contributed by atoms with Crippen molar-refractivity contribution in [3.63, 3.8) is 0 Å². The van der Waals surface area contributed by atoms with Crippen molar-refractivity contribution in [3.05, 3.63) is 0 Å². The van der Waals surface area contributed by atoms with Gasteiger partial charge < -0.3 is 10.6 Å². The summed E-state index contributed by atoms with van der Waals surface area (Å²) in [6.07, 6.45) is 4.10. The molecule has 0 aromatic rings. The summed E-state index contributed by atoms with van der Waals surface area (Å²) in [5.74, 6) is 0.230. The number of hydrogen-bond acceptors (Lipinski definition) is 2. The summed E-state index contributed by atoms with van der Waals surface area (Å²) in [6.45, 7) is 2.08. The number of carbonyl (C=O) groups is 1. The predicted octanol–water partition coefficient (Wildman–Crippen LogP) is 0.0186. The van der Waals surface area contributed by atoms with Gasteiger partial charge in [-0.15, -0.1) is 0 Å². The zero-order valence-corrected chi connectivity index (χ0v) is 6.65. The van der Waals surface area contributed by atoms with E-state index >= 15 is 0 Å². The summed E-state index contributed by atoms with van der Waals surface area (Å²) < 4.78 is 0. The molecule has 0 aromatic heterocycles. The first-order valence-corrected chi connectivity index (χ1v) is 4.33. The van der Waals surface area contributed by atoms with Crippen molar-refractivity contribution in [2.24, 2.45) is 0 Å². The number of carbonyl (C=O) groups excluding carboxylic acids is 1. The van der Waals surface area contributed by atoms with Gasteiger partial charge in [0.2, 0.25) is 5.91 Å². The Bertz CT molecular complexity index is 173. The lowest BCUT2D eigenvalue weighted by molar-refractivity contribution is -0.119. The Balaban J connectivity index is 2.03. The summed E-state index contributed by atoms with van der Waals surface area (Å²) >= 11 is 0. The highest BCUT2D eigenvalue weighted by Gasteiger charge is 2.38. The molecular formula is C8H14N2O. The van der Waals surface area contributed by atoms with Gasteiger partial charge in [0.05, 0.1) is 5.54 Å². The molecule has 0 aromatic carbocycles. The van der Waals surface area contributed by atoms with E-state index in [9.17, 15) is 4.79 Å². The van der Waals surface area contributed by atoms with E-state index in [2.05, 4.69) is 10.6 Å². The summed E-state index contributed by atoms with van der Waals surface area (Å²) in [5.41, 5.74) is 0.134. The minimum absolute atomic E-state index is 0.134. The third-order valence-corrected chi connectivity index (χ3v) is 2.71. The van der Waals surface area contributed by atoms with E-state index in [1.807, 2.05) is 0 Å². The maximum Gasteiger partial charge on any atom is 0.220 e. The van der Waals surface area contributed by atoms with Crippen LogP contribution in [0.1, 0.15) is 25.7 Å². The minimum atomic E-state index is 0.134. The van der Waals surface area contributed by atoms with Crippen molar-refractivity contribution in [3.8, 4) is 0 Å². The Kier molecular flexibility index (Phi) is 1.60. The van der Waals surface area contributed by atoms with Gasteiger partial charge in [-0.05, 0) is 25.8 Å². The van der Waals surface area contributed by atoms with Crippen molar-refractivity contribution in [2.45, 2.75) is 31.2 Å². The summed E-state index contributed by atoms with van der Waals surface area (Å²) in [4.78, 5) is 11.0. The molecule has 3 heteroatoms. The van der Waals surface area contributed by atoms with E-state index in [0.717, 1.165) is 32.4 Å². The molecule has 62 valence electrons. The van der Waals surface area contributed by atoms with E-state index in [4.69, 9.17) is 0 Å². The second-order valence-electron chi connectivity index (χ2n) is 3.61. The molecule has 2 aliphatic heterocycles. The van der Waals surface area contributed by atoms with Crippen LogP contribution in [-0.2, 0) is 4.79 Å². The minimum Gasteiger partial charge on any atom is -0.349 e. The van der Waals surface area contributed by atoms with Crippen LogP contribution in [0.5, 0.6) is 0 Å². The quantitative estimate of drug-likeness (QED) is 0.516. The molecule has 2 saturated heterocycles. The Labute approximate surface area is 66.5 Å². The molecule has 11 heavy (non-hydrogen) atoms. The molecule has 3 nitrogen and oxygen atoms in total. The second kappa shape index (κ2) is 2.48. The van der Waals surface area contributed by atoms with Crippen LogP contribution in [0, 0.1) is 0 Å². The van der Waals surface area contributed by atoms with Crippen LogP contribution in [0.25, 0.3) is 0 Å². The maximum absolute atomic E-state index is 11.0. The fraction of sp³-hybridized carbons (Fsp3) is 0.875. The van der Waals surface area contributed by atoms with E-state index in [1.54, 1.807) is 0 Å². The van der Waals surface area contributed by atoms with Crippen LogP contribution < -0.4 is 10.6 Å². The number of piperidine rings is 1. The molecule has 2 fully saturated rings. The predicted molar refractivity (Wildman–Crippen MR) is 42.2 cm³/mol. The molecule has 0 aliphatic carbocycles. The molecule has 1 spiro atoms. The molecule has 1 amide bonds. The summed E-state index contributed by atoms with van der Waals surface area (Å²) in [6, 6.07) is 0. The van der Waals surface area contributed by atoms with Crippen molar-refractivity contribution in [1.29, 1.82) is 0 Å². The van der Waals surface area contributed by atoms with E-state index in [0.29, 0.717) is 0 Å². The van der Waals surface area contributed by atoms with E-state index < -0.39 is 0 Å². The first-order chi connectivity index (χ1) is 5.31. The van der Waals surface area contributed by atoms with Gasteiger partial charge in [-0.2, -0.15) is 0 Å². The number of rotatable bonds is 0. The summed E-state index contributed by atoms with van der Waals surface area (Å²) in [7, 11) is 0. The highest BCUT2D eigenvalue weighted by molar-refractivity contribution is 5.79. The molecular weight excluding hydrogens is 140 g/mol. The van der Waals surface area contributed by atoms with E-state index in [1.165, 1.54) is 6.42 Å². The fourth-order valence-electron chi connectivity index (χ4n) is 2.06. The van der Waals surface area contributed by atoms with Gasteiger partial charge in [-0.3, -0.25) is 4.79 Å². The van der Waals surface area contributed by atoms with Crippen LogP contribution in [0.4, 0.5) is 0 Å². The second-order valence-corrected chi connectivity index (χ2v) is 3.61. The van der Waals surface area contributed by atoms with Gasteiger partial charge in [0, 0.05) is 13.0 Å². The smallest absolute Gasteiger partial charge is 0.220 e. The van der Waals surface area contributed by atoms with Crippen LogP contribution >= 0.6 is 0 Å². The fourth-order valence-corrected chi connectivity index (χ4v) is 2.06. The first kappa shape index (κ1) is 7.10. The molecule has 2 aliphatic rings. The normalized spacial score (nSPS) is 37.6. The van der Waals surface area contributed by atoms with Crippen LogP contribution in [0.3, 0.4) is 0 Å². The van der Waals surface area contributed by atoms with Crippen molar-refractivity contribution >= 4 is 5.91 Å². The number of nitrogens with one attached hydrogen (secondary N) is 2. The largest absolute Gasteiger partial charge is 0.349 e. The monoisotopic (exact) mass is 154 g/mol. The molecule has 1 unspecified atom stereocenters. The van der Waals surface area contributed by atoms with Gasteiger partial charge in [0.15, 0.2) is 0 Å². The van der Waals surface area contributed by atoms with Crippen LogP contribution in [0.2, 0.25) is 0 Å². The highest BCUT2D eigenvalue weighted by atomic mass is 16.2. The lowest BCUT2D eigenvalue weighted by Crippen LogP contribution is -2.52. The average molecular weight is 154 g/mol. The van der Waals surface area contributed by atoms with Crippen LogP contribution in [0.15, 0.2) is 0 Å². The lowest BCUT2D eigenvalue weighted by Gasteiger charge is -2.33. The molecule has 2 heterocycles. The number of amides is 1. The SMILES string of the molecule is O=C1CCC2(CCCNC2)N1. The van der Waals surface area contributed by atoms with Gasteiger partial charge in [-0.25, -0.2) is 0 Å².